The van der Waals surface area contributed by atoms with Gasteiger partial charge in [0.2, 0.25) is 0 Å². The molecule has 0 saturated carbocycles. The number of rotatable bonds is 4. The molecule has 198 valence electrons. The highest BCUT2D eigenvalue weighted by Crippen LogP contribution is 2.30. The molecule has 42 heavy (non-hydrogen) atoms. The summed E-state index contributed by atoms with van der Waals surface area (Å²) in [5.41, 5.74) is 6.17. The van der Waals surface area contributed by atoms with Gasteiger partial charge in [-0.05, 0) is 41.5 Å². The van der Waals surface area contributed by atoms with E-state index in [1.54, 1.807) is 4.40 Å². The van der Waals surface area contributed by atoms with Crippen LogP contribution in [0.2, 0.25) is 0 Å². The average Bonchev–Trinajstić information content (AvgIpc) is 3.44. The van der Waals surface area contributed by atoms with Gasteiger partial charge in [-0.25, -0.2) is 19.9 Å². The Balaban J connectivity index is 1.26. The first kappa shape index (κ1) is 24.3. The fourth-order valence-corrected chi connectivity index (χ4v) is 6.25. The molecule has 3 aromatic heterocycles. The molecule has 0 unspecified atom stereocenters. The van der Waals surface area contributed by atoms with Crippen molar-refractivity contribution in [3.8, 4) is 45.3 Å². The summed E-state index contributed by atoms with van der Waals surface area (Å²) in [4.78, 5) is 33.6. The Bertz CT molecular complexity index is 2270. The van der Waals surface area contributed by atoms with E-state index in [4.69, 9.17) is 19.9 Å². The quantitative estimate of drug-likeness (QED) is 0.219. The molecule has 7 heteroatoms. The van der Waals surface area contributed by atoms with E-state index < -0.39 is 0 Å². The van der Waals surface area contributed by atoms with Crippen LogP contribution < -0.4 is 5.56 Å². The van der Waals surface area contributed by atoms with Gasteiger partial charge in [-0.15, -0.1) is 0 Å². The van der Waals surface area contributed by atoms with Gasteiger partial charge >= 0.3 is 0 Å². The summed E-state index contributed by atoms with van der Waals surface area (Å²) in [5, 5.41) is 0.591. The Kier molecular flexibility index (Phi) is 5.68. The average molecular weight is 560 g/mol. The lowest BCUT2D eigenvalue weighted by Crippen LogP contribution is -2.13. The van der Waals surface area contributed by atoms with E-state index in [1.165, 1.54) is 11.3 Å². The summed E-state index contributed by atoms with van der Waals surface area (Å²) in [6.07, 6.45) is 0. The Hall–Kier alpha value is -5.53. The van der Waals surface area contributed by atoms with Crippen molar-refractivity contribution in [2.45, 2.75) is 0 Å². The lowest BCUT2D eigenvalue weighted by molar-refractivity contribution is 1.07. The highest BCUT2D eigenvalue weighted by atomic mass is 32.1. The van der Waals surface area contributed by atoms with Crippen molar-refractivity contribution in [2.24, 2.45) is 0 Å². The third-order valence-corrected chi connectivity index (χ3v) is 8.32. The first-order chi connectivity index (χ1) is 20.7. The van der Waals surface area contributed by atoms with Gasteiger partial charge in [-0.1, -0.05) is 108 Å². The molecule has 0 spiro atoms. The van der Waals surface area contributed by atoms with Crippen LogP contribution in [0.1, 0.15) is 0 Å². The number of hydrogen-bond acceptors (Lipinski definition) is 6. The second kappa shape index (κ2) is 9.83. The summed E-state index contributed by atoms with van der Waals surface area (Å²) >= 11 is 1.52. The van der Waals surface area contributed by atoms with Gasteiger partial charge in [0.05, 0.1) is 21.1 Å². The van der Waals surface area contributed by atoms with Crippen LogP contribution in [0.25, 0.3) is 71.4 Å². The van der Waals surface area contributed by atoms with E-state index in [9.17, 15) is 4.79 Å². The number of fused-ring (bicyclic) bond motifs is 4. The standard InChI is InChI=1S/C35H21N5OS/c41-34-27-19-18-25(21-28(27)36-35-40(34)29-16-7-8-17-30(29)42-35)24-14-9-15-26(20-24)33-38-31(22-10-3-1-4-11-22)37-32(39-33)23-12-5-2-6-13-23/h1-21H. The topological polar surface area (TPSA) is 73.0 Å². The van der Waals surface area contributed by atoms with Crippen molar-refractivity contribution < 1.29 is 0 Å². The summed E-state index contributed by atoms with van der Waals surface area (Å²) < 4.78 is 2.74. The zero-order valence-corrected chi connectivity index (χ0v) is 23.0. The summed E-state index contributed by atoms with van der Waals surface area (Å²) in [6, 6.07) is 41.7. The minimum atomic E-state index is -0.0557. The van der Waals surface area contributed by atoms with E-state index in [1.807, 2.05) is 121 Å². The second-order valence-electron chi connectivity index (χ2n) is 9.96. The molecule has 0 bridgehead atoms. The Morgan fingerprint density at radius 2 is 1.07 bits per heavy atom. The molecule has 6 nitrogen and oxygen atoms in total. The van der Waals surface area contributed by atoms with Crippen molar-refractivity contribution >= 4 is 37.4 Å². The van der Waals surface area contributed by atoms with Crippen LogP contribution in [0, 0.1) is 0 Å². The van der Waals surface area contributed by atoms with Crippen LogP contribution in [0.3, 0.4) is 0 Å². The molecule has 0 radical (unpaired) electrons. The van der Waals surface area contributed by atoms with Gasteiger partial charge in [-0.3, -0.25) is 9.20 Å². The van der Waals surface area contributed by atoms with Gasteiger partial charge in [0.15, 0.2) is 22.4 Å². The molecule has 0 fully saturated rings. The molecular formula is C35H21N5OS. The molecule has 0 aliphatic rings. The monoisotopic (exact) mass is 559 g/mol. The SMILES string of the molecule is O=c1c2ccc(-c3cccc(-c4nc(-c5ccccc5)nc(-c5ccccc5)n4)c3)cc2nc2sc3ccccc3n12. The lowest BCUT2D eigenvalue weighted by Gasteiger charge is -2.10. The van der Waals surface area contributed by atoms with Crippen LogP contribution in [0.4, 0.5) is 0 Å². The maximum atomic E-state index is 13.5. The Morgan fingerprint density at radius 3 is 1.79 bits per heavy atom. The van der Waals surface area contributed by atoms with Crippen LogP contribution >= 0.6 is 11.3 Å². The molecule has 0 amide bonds. The zero-order valence-electron chi connectivity index (χ0n) is 22.2. The predicted octanol–water partition coefficient (Wildman–Crippen LogP) is 7.92. The highest BCUT2D eigenvalue weighted by Gasteiger charge is 2.15. The third kappa shape index (κ3) is 4.15. The van der Waals surface area contributed by atoms with Gasteiger partial charge < -0.3 is 0 Å². The van der Waals surface area contributed by atoms with Gasteiger partial charge in [0, 0.05) is 16.7 Å². The van der Waals surface area contributed by atoms with Crippen LogP contribution in [-0.2, 0) is 0 Å². The maximum absolute atomic E-state index is 13.5. The largest absolute Gasteiger partial charge is 0.268 e. The number of nitrogens with zero attached hydrogens (tertiary/aromatic N) is 5. The molecule has 0 atom stereocenters. The lowest BCUT2D eigenvalue weighted by atomic mass is 10.0. The first-order valence-electron chi connectivity index (χ1n) is 13.5. The number of thiazole rings is 1. The summed E-state index contributed by atoms with van der Waals surface area (Å²) in [5.74, 6) is 1.83. The molecule has 3 heterocycles. The van der Waals surface area contributed by atoms with E-state index in [-0.39, 0.29) is 5.56 Å². The van der Waals surface area contributed by atoms with Gasteiger partial charge in [0.25, 0.3) is 5.56 Å². The predicted molar refractivity (Wildman–Crippen MR) is 169 cm³/mol. The van der Waals surface area contributed by atoms with Crippen LogP contribution in [0.15, 0.2) is 132 Å². The minimum Gasteiger partial charge on any atom is -0.268 e. The van der Waals surface area contributed by atoms with Crippen LogP contribution in [-0.4, -0.2) is 24.3 Å². The number of para-hydroxylation sites is 1. The Labute approximate surface area is 244 Å². The van der Waals surface area contributed by atoms with Crippen molar-refractivity contribution in [3.05, 3.63) is 138 Å². The third-order valence-electron chi connectivity index (χ3n) is 7.30. The van der Waals surface area contributed by atoms with E-state index in [0.29, 0.717) is 33.3 Å². The fourth-order valence-electron chi connectivity index (χ4n) is 5.23. The summed E-state index contributed by atoms with van der Waals surface area (Å²) in [6.45, 7) is 0. The first-order valence-corrected chi connectivity index (χ1v) is 14.3. The van der Waals surface area contributed by atoms with E-state index in [0.717, 1.165) is 38.0 Å². The minimum absolute atomic E-state index is 0.0557. The van der Waals surface area contributed by atoms with Gasteiger partial charge in [-0.2, -0.15) is 0 Å². The van der Waals surface area contributed by atoms with Crippen LogP contribution in [0.5, 0.6) is 0 Å². The van der Waals surface area contributed by atoms with E-state index >= 15 is 0 Å². The Morgan fingerprint density at radius 1 is 0.500 bits per heavy atom. The molecule has 8 rings (SSSR count). The molecule has 0 aliphatic carbocycles. The normalized spacial score (nSPS) is 11.4. The smallest absolute Gasteiger partial charge is 0.266 e. The summed E-state index contributed by atoms with van der Waals surface area (Å²) in [7, 11) is 0. The number of hydrogen-bond donors (Lipinski definition) is 0. The van der Waals surface area contributed by atoms with Crippen molar-refractivity contribution in [3.63, 3.8) is 0 Å². The van der Waals surface area contributed by atoms with E-state index in [2.05, 4.69) is 6.07 Å². The van der Waals surface area contributed by atoms with Crippen molar-refractivity contribution in [1.82, 2.24) is 24.3 Å². The maximum Gasteiger partial charge on any atom is 0.266 e. The number of benzene rings is 5. The molecule has 5 aromatic carbocycles. The van der Waals surface area contributed by atoms with Crippen molar-refractivity contribution in [1.29, 1.82) is 0 Å². The fraction of sp³-hybridized carbons (Fsp3) is 0. The zero-order chi connectivity index (χ0) is 28.0. The number of aromatic nitrogens is 5. The van der Waals surface area contributed by atoms with Crippen molar-refractivity contribution in [2.75, 3.05) is 0 Å². The highest BCUT2D eigenvalue weighted by molar-refractivity contribution is 7.23. The molecule has 8 aromatic rings. The molecule has 0 N–H and O–H groups in total. The molecule has 0 aliphatic heterocycles. The molecule has 0 saturated heterocycles. The van der Waals surface area contributed by atoms with Gasteiger partial charge in [0.1, 0.15) is 0 Å². The molecular weight excluding hydrogens is 538 g/mol. The second-order valence-corrected chi connectivity index (χ2v) is 11.0.